The third-order valence-electron chi connectivity index (χ3n) is 1.80. The SMILES string of the molecule is C=CC(=O)N(CC)N(CC)CC. The van der Waals surface area contributed by atoms with Crippen molar-refractivity contribution in [2.45, 2.75) is 20.8 Å². The summed E-state index contributed by atoms with van der Waals surface area (Å²) in [5, 5.41) is 3.69. The molecular formula is C9H18N2O. The summed E-state index contributed by atoms with van der Waals surface area (Å²) in [5.41, 5.74) is 0. The third-order valence-corrected chi connectivity index (χ3v) is 1.80. The minimum atomic E-state index is -0.0267. The van der Waals surface area contributed by atoms with E-state index in [-0.39, 0.29) is 5.91 Å². The van der Waals surface area contributed by atoms with Crippen LogP contribution in [0.2, 0.25) is 0 Å². The first kappa shape index (κ1) is 11.2. The van der Waals surface area contributed by atoms with Gasteiger partial charge in [0.1, 0.15) is 0 Å². The standard InChI is InChI=1S/C9H18N2O/c1-5-9(12)11(8-4)10(6-2)7-3/h5H,1,6-8H2,2-4H3. The number of carbonyl (C=O) groups is 1. The summed E-state index contributed by atoms with van der Waals surface area (Å²) >= 11 is 0. The highest BCUT2D eigenvalue weighted by Crippen LogP contribution is 1.98. The molecule has 0 aliphatic heterocycles. The Bertz CT molecular complexity index is 153. The zero-order valence-electron chi connectivity index (χ0n) is 8.21. The average Bonchev–Trinajstić information content (AvgIpc) is 2.12. The van der Waals surface area contributed by atoms with Crippen LogP contribution in [0.15, 0.2) is 12.7 Å². The van der Waals surface area contributed by atoms with Gasteiger partial charge in [-0.3, -0.25) is 9.80 Å². The van der Waals surface area contributed by atoms with E-state index in [0.29, 0.717) is 6.54 Å². The normalized spacial score (nSPS) is 10.0. The number of nitrogens with zero attached hydrogens (tertiary/aromatic N) is 2. The molecule has 3 heteroatoms. The van der Waals surface area contributed by atoms with Crippen LogP contribution < -0.4 is 0 Å². The fourth-order valence-corrected chi connectivity index (χ4v) is 1.17. The summed E-state index contributed by atoms with van der Waals surface area (Å²) in [4.78, 5) is 11.3. The molecule has 0 rings (SSSR count). The van der Waals surface area contributed by atoms with Crippen LogP contribution in [0.1, 0.15) is 20.8 Å². The van der Waals surface area contributed by atoms with Crippen molar-refractivity contribution in [2.24, 2.45) is 0 Å². The minimum Gasteiger partial charge on any atom is -0.272 e. The molecular weight excluding hydrogens is 152 g/mol. The van der Waals surface area contributed by atoms with Crippen molar-refractivity contribution < 1.29 is 4.79 Å². The zero-order valence-corrected chi connectivity index (χ0v) is 8.21. The zero-order chi connectivity index (χ0) is 9.56. The van der Waals surface area contributed by atoms with Gasteiger partial charge in [-0.15, -0.1) is 0 Å². The average molecular weight is 170 g/mol. The highest BCUT2D eigenvalue weighted by Gasteiger charge is 2.13. The molecule has 0 aromatic rings. The maximum atomic E-state index is 11.3. The van der Waals surface area contributed by atoms with Crippen LogP contribution in [-0.4, -0.2) is 35.6 Å². The lowest BCUT2D eigenvalue weighted by molar-refractivity contribution is -0.142. The van der Waals surface area contributed by atoms with E-state index in [9.17, 15) is 4.79 Å². The Balaban J connectivity index is 4.29. The maximum absolute atomic E-state index is 11.3. The molecule has 12 heavy (non-hydrogen) atoms. The molecule has 0 saturated heterocycles. The lowest BCUT2D eigenvalue weighted by atomic mass is 10.5. The number of likely N-dealkylation sites (N-methyl/N-ethyl adjacent to an activating group) is 1. The van der Waals surface area contributed by atoms with Crippen LogP contribution in [0, 0.1) is 0 Å². The van der Waals surface area contributed by atoms with Crippen molar-refractivity contribution in [3.05, 3.63) is 12.7 Å². The fraction of sp³-hybridized carbons (Fsp3) is 0.667. The Morgan fingerprint density at radius 2 is 1.75 bits per heavy atom. The van der Waals surface area contributed by atoms with Gasteiger partial charge in [0.15, 0.2) is 0 Å². The van der Waals surface area contributed by atoms with Gasteiger partial charge >= 0.3 is 0 Å². The van der Waals surface area contributed by atoms with Gasteiger partial charge in [0.25, 0.3) is 5.91 Å². The molecule has 0 bridgehead atoms. The molecule has 0 aliphatic rings. The molecule has 0 radical (unpaired) electrons. The summed E-state index contributed by atoms with van der Waals surface area (Å²) in [6, 6.07) is 0. The summed E-state index contributed by atoms with van der Waals surface area (Å²) < 4.78 is 0. The van der Waals surface area contributed by atoms with Gasteiger partial charge < -0.3 is 0 Å². The number of hydrazine groups is 1. The lowest BCUT2D eigenvalue weighted by Gasteiger charge is -2.31. The number of hydrogen-bond donors (Lipinski definition) is 0. The molecule has 0 aromatic heterocycles. The molecule has 0 spiro atoms. The van der Waals surface area contributed by atoms with E-state index in [1.54, 1.807) is 5.01 Å². The van der Waals surface area contributed by atoms with Gasteiger partial charge in [0, 0.05) is 19.6 Å². The molecule has 0 fully saturated rings. The van der Waals surface area contributed by atoms with E-state index in [4.69, 9.17) is 0 Å². The minimum absolute atomic E-state index is 0.0267. The van der Waals surface area contributed by atoms with Crippen molar-refractivity contribution in [3.63, 3.8) is 0 Å². The Labute approximate surface area is 74.6 Å². The molecule has 0 saturated carbocycles. The second kappa shape index (κ2) is 5.77. The van der Waals surface area contributed by atoms with Gasteiger partial charge in [0.05, 0.1) is 0 Å². The van der Waals surface area contributed by atoms with Gasteiger partial charge in [0.2, 0.25) is 0 Å². The van der Waals surface area contributed by atoms with Crippen LogP contribution >= 0.6 is 0 Å². The summed E-state index contributed by atoms with van der Waals surface area (Å²) in [6.07, 6.45) is 1.35. The quantitative estimate of drug-likeness (QED) is 0.458. The summed E-state index contributed by atoms with van der Waals surface area (Å²) in [7, 11) is 0. The molecule has 70 valence electrons. The first-order valence-electron chi connectivity index (χ1n) is 4.39. The first-order valence-corrected chi connectivity index (χ1v) is 4.39. The fourth-order valence-electron chi connectivity index (χ4n) is 1.17. The Morgan fingerprint density at radius 3 is 2.00 bits per heavy atom. The second-order valence-corrected chi connectivity index (χ2v) is 2.40. The molecule has 1 amide bonds. The van der Waals surface area contributed by atoms with Crippen LogP contribution in [0.3, 0.4) is 0 Å². The monoisotopic (exact) mass is 170 g/mol. The molecule has 0 unspecified atom stereocenters. The molecule has 0 aliphatic carbocycles. The molecule has 0 N–H and O–H groups in total. The smallest absolute Gasteiger partial charge is 0.260 e. The highest BCUT2D eigenvalue weighted by atomic mass is 16.2. The first-order chi connectivity index (χ1) is 5.71. The third kappa shape index (κ3) is 2.66. The van der Waals surface area contributed by atoms with Gasteiger partial charge in [-0.25, -0.2) is 5.01 Å². The molecule has 0 atom stereocenters. The second-order valence-electron chi connectivity index (χ2n) is 2.40. The van der Waals surface area contributed by atoms with Crippen molar-refractivity contribution in [3.8, 4) is 0 Å². The highest BCUT2D eigenvalue weighted by molar-refractivity contribution is 5.86. The van der Waals surface area contributed by atoms with Crippen molar-refractivity contribution in [1.29, 1.82) is 0 Å². The van der Waals surface area contributed by atoms with E-state index in [1.807, 2.05) is 25.8 Å². The molecule has 0 heterocycles. The number of hydrogen-bond acceptors (Lipinski definition) is 2. The van der Waals surface area contributed by atoms with Crippen LogP contribution in [0.5, 0.6) is 0 Å². The predicted octanol–water partition coefficient (Wildman–Crippen LogP) is 1.28. The largest absolute Gasteiger partial charge is 0.272 e. The summed E-state index contributed by atoms with van der Waals surface area (Å²) in [6.45, 7) is 11.9. The maximum Gasteiger partial charge on any atom is 0.260 e. The number of amides is 1. The van der Waals surface area contributed by atoms with E-state index < -0.39 is 0 Å². The van der Waals surface area contributed by atoms with Crippen LogP contribution in [0.4, 0.5) is 0 Å². The van der Waals surface area contributed by atoms with Gasteiger partial charge in [-0.05, 0) is 13.0 Å². The number of rotatable bonds is 5. The Morgan fingerprint density at radius 1 is 1.25 bits per heavy atom. The topological polar surface area (TPSA) is 23.6 Å². The van der Waals surface area contributed by atoms with E-state index in [2.05, 4.69) is 6.58 Å². The van der Waals surface area contributed by atoms with Crippen molar-refractivity contribution in [1.82, 2.24) is 10.0 Å². The van der Waals surface area contributed by atoms with E-state index >= 15 is 0 Å². The van der Waals surface area contributed by atoms with Gasteiger partial charge in [-0.1, -0.05) is 20.4 Å². The van der Waals surface area contributed by atoms with E-state index in [1.165, 1.54) is 6.08 Å². The molecule has 3 nitrogen and oxygen atoms in total. The predicted molar refractivity (Wildman–Crippen MR) is 50.5 cm³/mol. The Kier molecular flexibility index (Phi) is 5.37. The van der Waals surface area contributed by atoms with Crippen molar-refractivity contribution >= 4 is 5.91 Å². The Hall–Kier alpha value is -0.830. The molecule has 0 aromatic carbocycles. The summed E-state index contributed by atoms with van der Waals surface area (Å²) in [5.74, 6) is -0.0267. The van der Waals surface area contributed by atoms with Crippen LogP contribution in [-0.2, 0) is 4.79 Å². The van der Waals surface area contributed by atoms with Gasteiger partial charge in [-0.2, -0.15) is 0 Å². The van der Waals surface area contributed by atoms with Crippen LogP contribution in [0.25, 0.3) is 0 Å². The number of carbonyl (C=O) groups excluding carboxylic acids is 1. The lowest BCUT2D eigenvalue weighted by Crippen LogP contribution is -2.45. The van der Waals surface area contributed by atoms with Crippen molar-refractivity contribution in [2.75, 3.05) is 19.6 Å². The van der Waals surface area contributed by atoms with E-state index in [0.717, 1.165) is 13.1 Å².